The first kappa shape index (κ1) is 15.8. The summed E-state index contributed by atoms with van der Waals surface area (Å²) in [6.07, 6.45) is 3.80. The molecule has 0 rings (SSSR count). The highest BCUT2D eigenvalue weighted by molar-refractivity contribution is 7.76. The Hall–Kier alpha value is -0.220. The number of rotatable bonds is 7. The third-order valence-corrected chi connectivity index (χ3v) is 4.67. The van der Waals surface area contributed by atoms with Crippen LogP contribution in [0.2, 0.25) is 0 Å². The van der Waals surface area contributed by atoms with Crippen molar-refractivity contribution in [2.75, 3.05) is 0 Å². The molecular weight excluding hydrogens is 240 g/mol. The lowest BCUT2D eigenvalue weighted by atomic mass is 9.96. The van der Waals surface area contributed by atoms with E-state index < -0.39 is 0 Å². The molecule has 0 heterocycles. The maximum atomic E-state index is 11.1. The molecule has 0 saturated heterocycles. The summed E-state index contributed by atoms with van der Waals surface area (Å²) < 4.78 is 22.1. The molecule has 2 atom stereocenters. The predicted octanol–water partition coefficient (Wildman–Crippen LogP) is 2.63. The molecule has 0 fully saturated rings. The topological polar surface area (TPSA) is 34.1 Å². The SMILES string of the molecule is CCC(C)CCC(=S=O)C(=S=O)C(C)CC. The van der Waals surface area contributed by atoms with E-state index in [2.05, 4.69) is 13.8 Å². The molecule has 0 amide bonds. The largest absolute Gasteiger partial charge is 0.212 e. The zero-order valence-corrected chi connectivity index (χ0v) is 12.2. The Morgan fingerprint density at radius 2 is 1.69 bits per heavy atom. The van der Waals surface area contributed by atoms with E-state index in [0.717, 1.165) is 35.4 Å². The molecule has 0 radical (unpaired) electrons. The van der Waals surface area contributed by atoms with Crippen molar-refractivity contribution in [2.24, 2.45) is 11.8 Å². The molecule has 94 valence electrons. The number of hydrogen-bond acceptors (Lipinski definition) is 2. The quantitative estimate of drug-likeness (QED) is 0.661. The van der Waals surface area contributed by atoms with Gasteiger partial charge in [-0.25, -0.2) is 8.42 Å². The molecule has 0 aliphatic heterocycles. The first-order valence-electron chi connectivity index (χ1n) is 5.93. The standard InChI is InChI=1S/C12H22O2S2/c1-5-9(3)7-8-11(15-13)12(16-14)10(4)6-2/h9-10H,5-8H2,1-4H3. The average Bonchev–Trinajstić information content (AvgIpc) is 2.32. The Morgan fingerprint density at radius 1 is 1.06 bits per heavy atom. The molecule has 0 aromatic heterocycles. The van der Waals surface area contributed by atoms with Gasteiger partial charge in [-0.15, -0.1) is 0 Å². The smallest absolute Gasteiger partial charge is 0.0935 e. The minimum absolute atomic E-state index is 0.218. The van der Waals surface area contributed by atoms with Gasteiger partial charge in [0, 0.05) is 0 Å². The zero-order valence-electron chi connectivity index (χ0n) is 10.6. The summed E-state index contributed by atoms with van der Waals surface area (Å²) in [6, 6.07) is 0. The Kier molecular flexibility index (Phi) is 8.76. The van der Waals surface area contributed by atoms with Gasteiger partial charge in [-0.3, -0.25) is 0 Å². The van der Waals surface area contributed by atoms with E-state index in [4.69, 9.17) is 0 Å². The highest BCUT2D eigenvalue weighted by atomic mass is 32.1. The van der Waals surface area contributed by atoms with Gasteiger partial charge in [-0.2, -0.15) is 0 Å². The summed E-state index contributed by atoms with van der Waals surface area (Å²) in [6.45, 7) is 8.39. The fourth-order valence-corrected chi connectivity index (χ4v) is 2.59. The number of hydrogen-bond donors (Lipinski definition) is 0. The maximum absolute atomic E-state index is 11.1. The Balaban J connectivity index is 4.62. The highest BCUT2D eigenvalue weighted by Crippen LogP contribution is 2.12. The van der Waals surface area contributed by atoms with Crippen molar-refractivity contribution in [3.8, 4) is 0 Å². The van der Waals surface area contributed by atoms with E-state index in [1.807, 2.05) is 13.8 Å². The molecular formula is C12H22O2S2. The van der Waals surface area contributed by atoms with Crippen LogP contribution in [0.4, 0.5) is 0 Å². The molecule has 0 N–H and O–H groups in total. The van der Waals surface area contributed by atoms with Gasteiger partial charge in [0.15, 0.2) is 0 Å². The van der Waals surface area contributed by atoms with Gasteiger partial charge in [-0.05, 0) is 31.1 Å². The van der Waals surface area contributed by atoms with Crippen LogP contribution in [0.3, 0.4) is 0 Å². The fraction of sp³-hybridized carbons (Fsp3) is 0.833. The average molecular weight is 262 g/mol. The summed E-state index contributed by atoms with van der Waals surface area (Å²) in [4.78, 5) is 1.51. The molecule has 4 heteroatoms. The van der Waals surface area contributed by atoms with Crippen molar-refractivity contribution in [3.63, 3.8) is 0 Å². The van der Waals surface area contributed by atoms with E-state index in [9.17, 15) is 8.42 Å². The summed E-state index contributed by atoms with van der Waals surface area (Å²) >= 11 is 1.01. The van der Waals surface area contributed by atoms with Gasteiger partial charge in [0.1, 0.15) is 0 Å². The highest BCUT2D eigenvalue weighted by Gasteiger charge is 2.15. The summed E-state index contributed by atoms with van der Waals surface area (Å²) in [5.74, 6) is 0.841. The molecule has 2 unspecified atom stereocenters. The molecule has 16 heavy (non-hydrogen) atoms. The molecule has 0 aromatic rings. The van der Waals surface area contributed by atoms with Crippen LogP contribution < -0.4 is 0 Å². The second-order valence-corrected chi connectivity index (χ2v) is 5.58. The van der Waals surface area contributed by atoms with E-state index in [1.54, 1.807) is 0 Å². The molecule has 0 aromatic carbocycles. The second-order valence-electron chi connectivity index (χ2n) is 4.32. The molecule has 0 spiro atoms. The van der Waals surface area contributed by atoms with Crippen molar-refractivity contribution >= 4 is 32.2 Å². The van der Waals surface area contributed by atoms with Crippen LogP contribution >= 0.6 is 0 Å². The third-order valence-electron chi connectivity index (χ3n) is 3.09. The molecule has 0 aliphatic carbocycles. The monoisotopic (exact) mass is 262 g/mol. The van der Waals surface area contributed by atoms with Crippen molar-refractivity contribution < 1.29 is 8.42 Å². The molecule has 0 bridgehead atoms. The molecule has 2 nitrogen and oxygen atoms in total. The van der Waals surface area contributed by atoms with Crippen molar-refractivity contribution in [1.82, 2.24) is 0 Å². The van der Waals surface area contributed by atoms with E-state index in [1.165, 1.54) is 0 Å². The third kappa shape index (κ3) is 5.21. The van der Waals surface area contributed by atoms with Crippen molar-refractivity contribution in [2.45, 2.75) is 53.4 Å². The van der Waals surface area contributed by atoms with Crippen LogP contribution in [0.15, 0.2) is 0 Å². The van der Waals surface area contributed by atoms with Gasteiger partial charge in [0.05, 0.1) is 32.2 Å². The fourth-order valence-electron chi connectivity index (χ4n) is 1.38. The first-order chi connectivity index (χ1) is 7.60. The molecule has 0 saturated carbocycles. The predicted molar refractivity (Wildman–Crippen MR) is 74.4 cm³/mol. The van der Waals surface area contributed by atoms with Gasteiger partial charge in [-0.1, -0.05) is 34.1 Å². The lowest BCUT2D eigenvalue weighted by molar-refractivity contribution is 0.530. The van der Waals surface area contributed by atoms with E-state index >= 15 is 0 Å². The minimum Gasteiger partial charge on any atom is -0.212 e. The van der Waals surface area contributed by atoms with Crippen LogP contribution in [0.5, 0.6) is 0 Å². The van der Waals surface area contributed by atoms with Crippen LogP contribution in [-0.4, -0.2) is 18.1 Å². The van der Waals surface area contributed by atoms with E-state index in [0.29, 0.717) is 28.4 Å². The van der Waals surface area contributed by atoms with Crippen molar-refractivity contribution in [1.29, 1.82) is 0 Å². The molecule has 0 aliphatic rings. The summed E-state index contributed by atoms with van der Waals surface area (Å²) in [7, 11) is 0. The van der Waals surface area contributed by atoms with Gasteiger partial charge >= 0.3 is 0 Å². The van der Waals surface area contributed by atoms with Crippen molar-refractivity contribution in [3.05, 3.63) is 0 Å². The van der Waals surface area contributed by atoms with Crippen LogP contribution in [0.1, 0.15) is 53.4 Å². The Morgan fingerprint density at radius 3 is 2.06 bits per heavy atom. The lowest BCUT2D eigenvalue weighted by Gasteiger charge is -2.12. The normalized spacial score (nSPS) is 14.0. The lowest BCUT2D eigenvalue weighted by Crippen LogP contribution is -2.22. The van der Waals surface area contributed by atoms with Crippen LogP contribution in [0, 0.1) is 11.8 Å². The Labute approximate surface area is 106 Å². The zero-order chi connectivity index (χ0) is 12.6. The minimum atomic E-state index is 0.218. The van der Waals surface area contributed by atoms with Gasteiger partial charge in [0.25, 0.3) is 0 Å². The second kappa shape index (κ2) is 8.88. The van der Waals surface area contributed by atoms with Gasteiger partial charge in [0.2, 0.25) is 0 Å². The summed E-state index contributed by atoms with van der Waals surface area (Å²) in [5.41, 5.74) is 0. The maximum Gasteiger partial charge on any atom is 0.0935 e. The van der Waals surface area contributed by atoms with Crippen LogP contribution in [-0.2, 0) is 22.5 Å². The van der Waals surface area contributed by atoms with Gasteiger partial charge < -0.3 is 0 Å². The summed E-state index contributed by atoms with van der Waals surface area (Å²) in [5, 5.41) is 0. The Bertz CT molecular complexity index is 313. The van der Waals surface area contributed by atoms with Crippen LogP contribution in [0.25, 0.3) is 0 Å². The first-order valence-corrected chi connectivity index (χ1v) is 7.41. The van der Waals surface area contributed by atoms with E-state index in [-0.39, 0.29) is 5.92 Å².